The molecule has 1 unspecified atom stereocenters. The van der Waals surface area contributed by atoms with Crippen LogP contribution in [-0.4, -0.2) is 24.2 Å². The highest BCUT2D eigenvalue weighted by Crippen LogP contribution is 2.58. The number of piperidine rings is 1. The number of hydrogen-bond donors (Lipinski definition) is 2. The van der Waals surface area contributed by atoms with Gasteiger partial charge in [-0.05, 0) is 37.8 Å². The largest absolute Gasteiger partial charge is 0.360 e. The summed E-state index contributed by atoms with van der Waals surface area (Å²) in [6.07, 6.45) is 4.91. The Kier molecular flexibility index (Phi) is 2.63. The van der Waals surface area contributed by atoms with E-state index in [2.05, 4.69) is 15.8 Å². The number of rotatable bonds is 3. The first-order valence-corrected chi connectivity index (χ1v) is 6.18. The predicted molar refractivity (Wildman–Crippen MR) is 61.0 cm³/mol. The zero-order valence-electron chi connectivity index (χ0n) is 9.74. The van der Waals surface area contributed by atoms with E-state index in [1.54, 1.807) is 12.3 Å². The fraction of sp³-hybridized carbons (Fsp3) is 0.667. The van der Waals surface area contributed by atoms with Crippen molar-refractivity contribution in [2.75, 3.05) is 13.1 Å². The van der Waals surface area contributed by atoms with Crippen molar-refractivity contribution < 1.29 is 9.32 Å². The van der Waals surface area contributed by atoms with Gasteiger partial charge in [-0.1, -0.05) is 5.16 Å². The lowest BCUT2D eigenvalue weighted by molar-refractivity contribution is -0.123. The lowest BCUT2D eigenvalue weighted by Crippen LogP contribution is -2.33. The van der Waals surface area contributed by atoms with E-state index in [4.69, 9.17) is 4.52 Å². The first-order chi connectivity index (χ1) is 8.30. The molecule has 0 radical (unpaired) electrons. The minimum atomic E-state index is 0.170. The molecule has 2 aliphatic rings. The van der Waals surface area contributed by atoms with Gasteiger partial charge in [-0.25, -0.2) is 0 Å². The topological polar surface area (TPSA) is 67.2 Å². The van der Waals surface area contributed by atoms with Crippen molar-refractivity contribution in [1.29, 1.82) is 0 Å². The third-order valence-corrected chi connectivity index (χ3v) is 4.03. The number of hydrogen-bond acceptors (Lipinski definition) is 4. The minimum absolute atomic E-state index is 0.170. The Balaban J connectivity index is 1.51. The molecular weight excluding hydrogens is 218 g/mol. The lowest BCUT2D eigenvalue weighted by Gasteiger charge is -2.23. The second-order valence-corrected chi connectivity index (χ2v) is 5.07. The normalized spacial score (nSPS) is 25.8. The van der Waals surface area contributed by atoms with Crippen LogP contribution in [0.4, 0.5) is 0 Å². The van der Waals surface area contributed by atoms with Crippen molar-refractivity contribution >= 4 is 5.91 Å². The molecule has 1 aliphatic heterocycles. The standard InChI is InChI=1S/C12H17N3O2/c16-11(14-8-9-1-4-15-17-9)10-7-12(10)2-5-13-6-3-12/h1,4,10,13H,2-3,5-8H2,(H,14,16). The van der Waals surface area contributed by atoms with Crippen LogP contribution in [0, 0.1) is 11.3 Å². The van der Waals surface area contributed by atoms with Crippen LogP contribution < -0.4 is 10.6 Å². The van der Waals surface area contributed by atoms with Crippen LogP contribution in [0.15, 0.2) is 16.8 Å². The first-order valence-electron chi connectivity index (χ1n) is 6.18. The Morgan fingerprint density at radius 3 is 3.12 bits per heavy atom. The van der Waals surface area contributed by atoms with Crippen molar-refractivity contribution in [1.82, 2.24) is 15.8 Å². The lowest BCUT2D eigenvalue weighted by atomic mass is 9.92. The molecule has 2 heterocycles. The maximum Gasteiger partial charge on any atom is 0.224 e. The van der Waals surface area contributed by atoms with E-state index in [9.17, 15) is 4.79 Å². The van der Waals surface area contributed by atoms with Crippen LogP contribution >= 0.6 is 0 Å². The average molecular weight is 235 g/mol. The van der Waals surface area contributed by atoms with E-state index >= 15 is 0 Å². The van der Waals surface area contributed by atoms with Crippen molar-refractivity contribution in [2.24, 2.45) is 11.3 Å². The molecule has 1 aromatic rings. The summed E-state index contributed by atoms with van der Waals surface area (Å²) in [5, 5.41) is 9.87. The van der Waals surface area contributed by atoms with Crippen molar-refractivity contribution in [3.05, 3.63) is 18.0 Å². The Bertz CT molecular complexity index is 396. The molecule has 2 N–H and O–H groups in total. The summed E-state index contributed by atoms with van der Waals surface area (Å²) in [4.78, 5) is 12.0. The molecule has 5 nitrogen and oxygen atoms in total. The maximum atomic E-state index is 12.0. The van der Waals surface area contributed by atoms with Gasteiger partial charge in [-0.2, -0.15) is 0 Å². The quantitative estimate of drug-likeness (QED) is 0.808. The second-order valence-electron chi connectivity index (χ2n) is 5.07. The first kappa shape index (κ1) is 10.8. The third-order valence-electron chi connectivity index (χ3n) is 4.03. The Morgan fingerprint density at radius 1 is 1.59 bits per heavy atom. The molecule has 5 heteroatoms. The monoisotopic (exact) mass is 235 g/mol. The van der Waals surface area contributed by atoms with Gasteiger partial charge in [0.25, 0.3) is 0 Å². The van der Waals surface area contributed by atoms with Crippen molar-refractivity contribution in [3.8, 4) is 0 Å². The van der Waals surface area contributed by atoms with Gasteiger partial charge in [0.05, 0.1) is 12.7 Å². The van der Waals surface area contributed by atoms with E-state index in [-0.39, 0.29) is 11.8 Å². The van der Waals surface area contributed by atoms with Crippen LogP contribution in [0.25, 0.3) is 0 Å². The van der Waals surface area contributed by atoms with E-state index in [1.165, 1.54) is 0 Å². The SMILES string of the molecule is O=C(NCc1ccno1)C1CC12CCNCC2. The molecule has 1 amide bonds. The number of aromatic nitrogens is 1. The van der Waals surface area contributed by atoms with E-state index in [1.807, 2.05) is 0 Å². The summed E-state index contributed by atoms with van der Waals surface area (Å²) in [5.74, 6) is 1.09. The van der Waals surface area contributed by atoms with Crippen molar-refractivity contribution in [2.45, 2.75) is 25.8 Å². The molecule has 1 atom stereocenters. The van der Waals surface area contributed by atoms with Crippen LogP contribution in [-0.2, 0) is 11.3 Å². The Hall–Kier alpha value is -1.36. The molecule has 1 saturated carbocycles. The van der Waals surface area contributed by atoms with Gasteiger partial charge in [0.1, 0.15) is 0 Å². The molecule has 3 rings (SSSR count). The van der Waals surface area contributed by atoms with E-state index < -0.39 is 0 Å². The Labute approximate surface area is 99.9 Å². The summed E-state index contributed by atoms with van der Waals surface area (Å²) < 4.78 is 4.95. The number of carbonyl (C=O) groups is 1. The molecule has 17 heavy (non-hydrogen) atoms. The van der Waals surface area contributed by atoms with Gasteiger partial charge >= 0.3 is 0 Å². The third kappa shape index (κ3) is 2.07. The summed E-state index contributed by atoms with van der Waals surface area (Å²) in [7, 11) is 0. The molecule has 0 bridgehead atoms. The molecule has 1 aromatic heterocycles. The van der Waals surface area contributed by atoms with Gasteiger partial charge in [0, 0.05) is 12.0 Å². The number of nitrogens with one attached hydrogen (secondary N) is 2. The molecule has 2 fully saturated rings. The van der Waals surface area contributed by atoms with Crippen LogP contribution in [0.1, 0.15) is 25.0 Å². The van der Waals surface area contributed by atoms with Crippen molar-refractivity contribution in [3.63, 3.8) is 0 Å². The van der Waals surface area contributed by atoms with Crippen LogP contribution in [0.3, 0.4) is 0 Å². The summed E-state index contributed by atoms with van der Waals surface area (Å²) in [5.41, 5.74) is 0.302. The molecule has 0 aromatic carbocycles. The highest BCUT2D eigenvalue weighted by molar-refractivity contribution is 5.82. The number of carbonyl (C=O) groups excluding carboxylic acids is 1. The van der Waals surface area contributed by atoms with Gasteiger partial charge in [-0.15, -0.1) is 0 Å². The fourth-order valence-electron chi connectivity index (χ4n) is 2.83. The second kappa shape index (κ2) is 4.14. The molecule has 92 valence electrons. The molecular formula is C12H17N3O2. The zero-order chi connectivity index (χ0) is 11.7. The number of amides is 1. The summed E-state index contributed by atoms with van der Waals surface area (Å²) in [6, 6.07) is 1.77. The predicted octanol–water partition coefficient (Wildman–Crippen LogP) is 0.680. The van der Waals surface area contributed by atoms with Gasteiger partial charge in [0.15, 0.2) is 5.76 Å². The molecule has 1 spiro atoms. The van der Waals surface area contributed by atoms with Gasteiger partial charge in [-0.3, -0.25) is 4.79 Å². The minimum Gasteiger partial charge on any atom is -0.360 e. The Morgan fingerprint density at radius 2 is 2.41 bits per heavy atom. The zero-order valence-corrected chi connectivity index (χ0v) is 9.74. The number of nitrogens with zero attached hydrogens (tertiary/aromatic N) is 1. The highest BCUT2D eigenvalue weighted by atomic mass is 16.5. The average Bonchev–Trinajstić information content (AvgIpc) is 2.82. The van der Waals surface area contributed by atoms with E-state index in [0.29, 0.717) is 17.7 Å². The van der Waals surface area contributed by atoms with Gasteiger partial charge < -0.3 is 15.2 Å². The summed E-state index contributed by atoms with van der Waals surface area (Å²) >= 11 is 0. The highest BCUT2D eigenvalue weighted by Gasteiger charge is 2.57. The molecule has 1 saturated heterocycles. The molecule has 1 aliphatic carbocycles. The fourth-order valence-corrected chi connectivity index (χ4v) is 2.83. The smallest absolute Gasteiger partial charge is 0.224 e. The van der Waals surface area contributed by atoms with Crippen LogP contribution in [0.2, 0.25) is 0 Å². The van der Waals surface area contributed by atoms with Gasteiger partial charge in [0.2, 0.25) is 5.91 Å². The van der Waals surface area contributed by atoms with E-state index in [0.717, 1.165) is 32.4 Å². The maximum absolute atomic E-state index is 12.0. The summed E-state index contributed by atoms with van der Waals surface area (Å²) in [6.45, 7) is 2.54. The van der Waals surface area contributed by atoms with Crippen LogP contribution in [0.5, 0.6) is 0 Å².